The van der Waals surface area contributed by atoms with Gasteiger partial charge in [0.05, 0.1) is 7.11 Å². The zero-order valence-electron chi connectivity index (χ0n) is 18.1. The minimum Gasteiger partial charge on any atom is -0.504 e. The minimum absolute atomic E-state index is 0.0162. The molecule has 2 aromatic carbocycles. The molecule has 2 N–H and O–H groups in total. The Kier molecular flexibility index (Phi) is 7.58. The van der Waals surface area contributed by atoms with E-state index in [4.69, 9.17) is 14.0 Å². The number of benzene rings is 2. The first-order valence-electron chi connectivity index (χ1n) is 9.62. The van der Waals surface area contributed by atoms with Gasteiger partial charge in [0.15, 0.2) is 17.2 Å². The summed E-state index contributed by atoms with van der Waals surface area (Å²) in [5, 5.41) is 19.4. The molecular weight excluding hydrogens is 420 g/mol. The van der Waals surface area contributed by atoms with Gasteiger partial charge in [0.2, 0.25) is 0 Å². The third-order valence-corrected chi connectivity index (χ3v) is 6.23. The van der Waals surface area contributed by atoms with Crippen LogP contribution in [0, 0.1) is 32.6 Å². The molecular formula is C23H26O7S. The lowest BCUT2D eigenvalue weighted by Crippen LogP contribution is -2.13. The summed E-state index contributed by atoms with van der Waals surface area (Å²) in [5.41, 5.74) is 2.20. The van der Waals surface area contributed by atoms with Gasteiger partial charge in [-0.15, -0.1) is 0 Å². The largest absolute Gasteiger partial charge is 0.504 e. The molecule has 166 valence electrons. The highest BCUT2D eigenvalue weighted by molar-refractivity contribution is 7.87. The number of hydrogen-bond acceptors (Lipinski definition) is 6. The minimum atomic E-state index is -4.11. The summed E-state index contributed by atoms with van der Waals surface area (Å²) >= 11 is 0. The number of aliphatic carboxylic acids is 1. The van der Waals surface area contributed by atoms with Crippen molar-refractivity contribution in [3.8, 4) is 29.1 Å². The predicted octanol–water partition coefficient (Wildman–Crippen LogP) is 4.07. The fraction of sp³-hybridized carbons (Fsp3) is 0.348. The molecule has 1 unspecified atom stereocenters. The van der Waals surface area contributed by atoms with Gasteiger partial charge in [-0.1, -0.05) is 30.5 Å². The van der Waals surface area contributed by atoms with E-state index in [1.54, 1.807) is 26.0 Å². The van der Waals surface area contributed by atoms with Gasteiger partial charge in [0.25, 0.3) is 0 Å². The van der Waals surface area contributed by atoms with Crippen LogP contribution in [0.25, 0.3) is 0 Å². The van der Waals surface area contributed by atoms with E-state index < -0.39 is 16.1 Å². The topological polar surface area (TPSA) is 110 Å². The lowest BCUT2D eigenvalue weighted by molar-refractivity contribution is -0.130. The van der Waals surface area contributed by atoms with Crippen molar-refractivity contribution in [2.24, 2.45) is 0 Å². The highest BCUT2D eigenvalue weighted by atomic mass is 32.2. The SMILES string of the molecule is COc1c(C)c(OS(=O)(=O)c2ccc(C)cc2)c(C)c(C(C)CCC#CC(=O)O)c1O. The van der Waals surface area contributed by atoms with Gasteiger partial charge >= 0.3 is 16.1 Å². The van der Waals surface area contributed by atoms with Crippen LogP contribution in [0.2, 0.25) is 0 Å². The molecule has 0 aliphatic rings. The summed E-state index contributed by atoms with van der Waals surface area (Å²) in [7, 11) is -2.73. The Morgan fingerprint density at radius 2 is 1.71 bits per heavy atom. The maximum atomic E-state index is 12.9. The molecule has 31 heavy (non-hydrogen) atoms. The van der Waals surface area contributed by atoms with Crippen molar-refractivity contribution in [3.05, 3.63) is 46.5 Å². The number of phenols is 1. The molecule has 0 saturated carbocycles. The molecule has 1 atom stereocenters. The van der Waals surface area contributed by atoms with Crippen molar-refractivity contribution in [2.45, 2.75) is 51.3 Å². The number of carbonyl (C=O) groups is 1. The number of methoxy groups -OCH3 is 1. The van der Waals surface area contributed by atoms with E-state index in [1.807, 2.05) is 13.8 Å². The van der Waals surface area contributed by atoms with Crippen LogP contribution in [-0.2, 0) is 14.9 Å². The molecule has 0 aliphatic heterocycles. The van der Waals surface area contributed by atoms with E-state index in [-0.39, 0.29) is 28.1 Å². The first-order valence-corrected chi connectivity index (χ1v) is 11.0. The van der Waals surface area contributed by atoms with Crippen LogP contribution in [0.1, 0.15) is 47.9 Å². The van der Waals surface area contributed by atoms with Gasteiger partial charge in [-0.05, 0) is 45.2 Å². The van der Waals surface area contributed by atoms with Crippen molar-refractivity contribution in [1.29, 1.82) is 0 Å². The summed E-state index contributed by atoms with van der Waals surface area (Å²) in [6, 6.07) is 6.30. The van der Waals surface area contributed by atoms with Crippen LogP contribution in [0.15, 0.2) is 29.2 Å². The summed E-state index contributed by atoms with van der Waals surface area (Å²) in [6.45, 7) is 6.96. The van der Waals surface area contributed by atoms with Crippen LogP contribution in [-0.4, -0.2) is 31.7 Å². The Labute approximate surface area is 182 Å². The van der Waals surface area contributed by atoms with E-state index in [0.29, 0.717) is 29.5 Å². The highest BCUT2D eigenvalue weighted by Crippen LogP contribution is 2.47. The van der Waals surface area contributed by atoms with E-state index in [2.05, 4.69) is 11.8 Å². The van der Waals surface area contributed by atoms with Crippen molar-refractivity contribution in [3.63, 3.8) is 0 Å². The zero-order valence-corrected chi connectivity index (χ0v) is 19.0. The quantitative estimate of drug-likeness (QED) is 0.487. The standard InChI is InChI=1S/C23H26O7S/c1-14-10-12-18(13-11-14)31(27,28)30-22-16(3)20(21(26)23(29-5)17(22)4)15(2)8-6-7-9-19(24)25/h10-13,15,26H,6,8H2,1-5H3,(H,24,25). The van der Waals surface area contributed by atoms with E-state index in [9.17, 15) is 18.3 Å². The molecule has 0 aliphatic carbocycles. The number of phenolic OH excluding ortho intramolecular Hbond substituents is 1. The summed E-state index contributed by atoms with van der Waals surface area (Å²) in [5.74, 6) is 3.25. The van der Waals surface area contributed by atoms with E-state index >= 15 is 0 Å². The summed E-state index contributed by atoms with van der Waals surface area (Å²) < 4.78 is 36.6. The third kappa shape index (κ3) is 5.50. The Hall–Kier alpha value is -3.18. The second-order valence-corrected chi connectivity index (χ2v) is 8.82. The fourth-order valence-corrected chi connectivity index (χ4v) is 4.43. The Morgan fingerprint density at radius 3 is 2.26 bits per heavy atom. The van der Waals surface area contributed by atoms with Gasteiger partial charge in [-0.25, -0.2) is 4.79 Å². The van der Waals surface area contributed by atoms with Crippen LogP contribution >= 0.6 is 0 Å². The number of rotatable bonds is 7. The van der Waals surface area contributed by atoms with Crippen LogP contribution in [0.4, 0.5) is 0 Å². The molecule has 8 heteroatoms. The average molecular weight is 447 g/mol. The molecule has 7 nitrogen and oxygen atoms in total. The van der Waals surface area contributed by atoms with Crippen molar-refractivity contribution in [1.82, 2.24) is 0 Å². The molecule has 0 radical (unpaired) electrons. The van der Waals surface area contributed by atoms with Gasteiger partial charge in [-0.3, -0.25) is 0 Å². The number of aryl methyl sites for hydroxylation is 1. The van der Waals surface area contributed by atoms with Crippen LogP contribution in [0.5, 0.6) is 17.2 Å². The molecule has 2 aromatic rings. The smallest absolute Gasteiger partial charge is 0.381 e. The fourth-order valence-electron chi connectivity index (χ4n) is 3.40. The number of ether oxygens (including phenoxy) is 1. The molecule has 0 saturated heterocycles. The maximum Gasteiger partial charge on any atom is 0.381 e. The number of carboxylic acids is 1. The van der Waals surface area contributed by atoms with E-state index in [0.717, 1.165) is 5.56 Å². The Bertz CT molecular complexity index is 1140. The number of aromatic hydroxyl groups is 1. The third-order valence-electron chi connectivity index (χ3n) is 4.99. The normalized spacial score (nSPS) is 11.9. The molecule has 0 aromatic heterocycles. The van der Waals surface area contributed by atoms with Gasteiger partial charge in [-0.2, -0.15) is 8.42 Å². The second kappa shape index (κ2) is 9.75. The first kappa shape index (κ1) is 24.1. The maximum absolute atomic E-state index is 12.9. The average Bonchev–Trinajstić information content (AvgIpc) is 2.69. The molecule has 0 heterocycles. The van der Waals surface area contributed by atoms with Crippen molar-refractivity contribution in [2.75, 3.05) is 7.11 Å². The Balaban J connectivity index is 2.51. The van der Waals surface area contributed by atoms with E-state index in [1.165, 1.54) is 19.2 Å². The lowest BCUT2D eigenvalue weighted by Gasteiger charge is -2.23. The number of hydrogen-bond donors (Lipinski definition) is 2. The van der Waals surface area contributed by atoms with Gasteiger partial charge < -0.3 is 19.1 Å². The van der Waals surface area contributed by atoms with Crippen molar-refractivity contribution >= 4 is 16.1 Å². The monoisotopic (exact) mass is 446 g/mol. The summed E-state index contributed by atoms with van der Waals surface area (Å²) in [4.78, 5) is 10.6. The van der Waals surface area contributed by atoms with Gasteiger partial charge in [0.1, 0.15) is 4.90 Å². The molecule has 0 fully saturated rings. The molecule has 0 amide bonds. The lowest BCUT2D eigenvalue weighted by atomic mass is 9.89. The molecule has 2 rings (SSSR count). The molecule has 0 spiro atoms. The first-order chi connectivity index (χ1) is 14.5. The summed E-state index contributed by atoms with van der Waals surface area (Å²) in [6.07, 6.45) is 0.742. The number of carboxylic acid groups (broad SMARTS) is 1. The highest BCUT2D eigenvalue weighted by Gasteiger charge is 2.28. The molecule has 0 bridgehead atoms. The predicted molar refractivity (Wildman–Crippen MR) is 116 cm³/mol. The van der Waals surface area contributed by atoms with Crippen molar-refractivity contribution < 1.29 is 32.3 Å². The Morgan fingerprint density at radius 1 is 1.10 bits per heavy atom. The second-order valence-electron chi connectivity index (χ2n) is 7.27. The van der Waals surface area contributed by atoms with Crippen LogP contribution < -0.4 is 8.92 Å². The zero-order chi connectivity index (χ0) is 23.3. The van der Waals surface area contributed by atoms with Gasteiger partial charge in [0, 0.05) is 29.0 Å². The van der Waals surface area contributed by atoms with Crippen LogP contribution in [0.3, 0.4) is 0 Å².